The molecule has 1 saturated carbocycles. The minimum absolute atomic E-state index is 0.133. The molecule has 1 aromatic carbocycles. The fourth-order valence-corrected chi connectivity index (χ4v) is 3.68. The fraction of sp³-hybridized carbons (Fsp3) is 0.500. The molecule has 0 bridgehead atoms. The molecule has 0 saturated heterocycles. The van der Waals surface area contributed by atoms with Crippen LogP contribution in [0.4, 0.5) is 5.69 Å². The summed E-state index contributed by atoms with van der Waals surface area (Å²) in [4.78, 5) is 11.1. The molecule has 0 aromatic heterocycles. The van der Waals surface area contributed by atoms with Gasteiger partial charge in [-0.25, -0.2) is 13.1 Å². The zero-order valence-electron chi connectivity index (χ0n) is 12.3. The predicted molar refractivity (Wildman–Crippen MR) is 79.3 cm³/mol. The Kier molecular flexibility index (Phi) is 4.10. The number of aliphatic hydroxyl groups is 1. The van der Waals surface area contributed by atoms with Crippen LogP contribution in [0.1, 0.15) is 27.2 Å². The Morgan fingerprint density at radius 2 is 1.86 bits per heavy atom. The Bertz CT molecular complexity index is 637. The van der Waals surface area contributed by atoms with Crippen molar-refractivity contribution in [2.24, 2.45) is 5.41 Å². The van der Waals surface area contributed by atoms with Gasteiger partial charge in [0, 0.05) is 24.1 Å². The number of rotatable bonds is 4. The van der Waals surface area contributed by atoms with E-state index in [0.717, 1.165) is 0 Å². The lowest BCUT2D eigenvalue weighted by Crippen LogP contribution is -2.61. The molecule has 21 heavy (non-hydrogen) atoms. The lowest BCUT2D eigenvalue weighted by Gasteiger charge is -2.49. The third kappa shape index (κ3) is 3.25. The van der Waals surface area contributed by atoms with E-state index in [1.807, 2.05) is 13.8 Å². The SMILES string of the molecule is CC(=O)Nc1ccc(S(=O)(=O)NC2CC(O)C2(C)C)cc1. The monoisotopic (exact) mass is 312 g/mol. The van der Waals surface area contributed by atoms with Gasteiger partial charge in [-0.15, -0.1) is 0 Å². The molecule has 0 heterocycles. The number of carbonyl (C=O) groups excluding carboxylic acids is 1. The van der Waals surface area contributed by atoms with Crippen LogP contribution in [0.3, 0.4) is 0 Å². The average Bonchev–Trinajstić information content (AvgIpc) is 2.38. The minimum atomic E-state index is -3.63. The second kappa shape index (κ2) is 5.40. The highest BCUT2D eigenvalue weighted by molar-refractivity contribution is 7.89. The number of aliphatic hydroxyl groups excluding tert-OH is 1. The van der Waals surface area contributed by atoms with Gasteiger partial charge in [0.1, 0.15) is 0 Å². The molecule has 1 fully saturated rings. The second-order valence-electron chi connectivity index (χ2n) is 5.95. The molecule has 2 rings (SSSR count). The first-order valence-electron chi connectivity index (χ1n) is 6.71. The molecule has 3 N–H and O–H groups in total. The number of hydrogen-bond donors (Lipinski definition) is 3. The number of benzene rings is 1. The smallest absolute Gasteiger partial charge is 0.240 e. The summed E-state index contributed by atoms with van der Waals surface area (Å²) >= 11 is 0. The number of anilines is 1. The van der Waals surface area contributed by atoms with Crippen LogP contribution < -0.4 is 10.0 Å². The lowest BCUT2D eigenvalue weighted by atomic mass is 9.65. The molecule has 1 aliphatic rings. The molecule has 1 aromatic rings. The van der Waals surface area contributed by atoms with Crippen molar-refractivity contribution in [2.45, 2.75) is 44.2 Å². The highest BCUT2D eigenvalue weighted by atomic mass is 32.2. The molecular weight excluding hydrogens is 292 g/mol. The quantitative estimate of drug-likeness (QED) is 0.775. The summed E-state index contributed by atoms with van der Waals surface area (Å²) in [5.74, 6) is -0.214. The first kappa shape index (κ1) is 15.9. The fourth-order valence-electron chi connectivity index (χ4n) is 2.28. The molecular formula is C14H20N2O4S. The Balaban J connectivity index is 2.11. The summed E-state index contributed by atoms with van der Waals surface area (Å²) in [6.07, 6.45) is -0.0803. The van der Waals surface area contributed by atoms with Crippen molar-refractivity contribution >= 4 is 21.6 Å². The maximum atomic E-state index is 12.3. The van der Waals surface area contributed by atoms with E-state index in [1.165, 1.54) is 31.2 Å². The van der Waals surface area contributed by atoms with Gasteiger partial charge in [0.05, 0.1) is 11.0 Å². The highest BCUT2D eigenvalue weighted by Gasteiger charge is 2.48. The van der Waals surface area contributed by atoms with Crippen molar-refractivity contribution < 1.29 is 18.3 Å². The number of carbonyl (C=O) groups is 1. The molecule has 0 radical (unpaired) electrons. The van der Waals surface area contributed by atoms with Gasteiger partial charge in [0.15, 0.2) is 0 Å². The highest BCUT2D eigenvalue weighted by Crippen LogP contribution is 2.41. The third-order valence-electron chi connectivity index (χ3n) is 4.00. The Hall–Kier alpha value is -1.44. The molecule has 2 atom stereocenters. The van der Waals surface area contributed by atoms with Crippen LogP contribution in [0, 0.1) is 5.41 Å². The number of hydrogen-bond acceptors (Lipinski definition) is 4. The van der Waals surface area contributed by atoms with E-state index in [9.17, 15) is 18.3 Å². The van der Waals surface area contributed by atoms with Crippen LogP contribution in [-0.2, 0) is 14.8 Å². The van der Waals surface area contributed by atoms with E-state index < -0.39 is 21.5 Å². The molecule has 0 aliphatic heterocycles. The van der Waals surface area contributed by atoms with Crippen molar-refractivity contribution in [1.29, 1.82) is 0 Å². The molecule has 0 spiro atoms. The molecule has 1 amide bonds. The molecule has 7 heteroatoms. The van der Waals surface area contributed by atoms with Gasteiger partial charge in [0.2, 0.25) is 15.9 Å². The van der Waals surface area contributed by atoms with Gasteiger partial charge in [0.25, 0.3) is 0 Å². The van der Waals surface area contributed by atoms with E-state index in [-0.39, 0.29) is 16.8 Å². The topological polar surface area (TPSA) is 95.5 Å². The number of sulfonamides is 1. The van der Waals surface area contributed by atoms with Crippen molar-refractivity contribution in [2.75, 3.05) is 5.32 Å². The van der Waals surface area contributed by atoms with E-state index in [4.69, 9.17) is 0 Å². The van der Waals surface area contributed by atoms with Crippen molar-refractivity contribution in [1.82, 2.24) is 4.72 Å². The average molecular weight is 312 g/mol. The van der Waals surface area contributed by atoms with Crippen molar-refractivity contribution in [3.63, 3.8) is 0 Å². The maximum Gasteiger partial charge on any atom is 0.240 e. The molecule has 2 unspecified atom stereocenters. The zero-order valence-corrected chi connectivity index (χ0v) is 13.1. The van der Waals surface area contributed by atoms with Crippen LogP contribution in [0.25, 0.3) is 0 Å². The normalized spacial score (nSPS) is 24.2. The Labute approximate surface area is 124 Å². The zero-order chi connectivity index (χ0) is 15.8. The largest absolute Gasteiger partial charge is 0.392 e. The number of nitrogens with one attached hydrogen (secondary N) is 2. The van der Waals surface area contributed by atoms with Gasteiger partial charge in [-0.3, -0.25) is 4.79 Å². The van der Waals surface area contributed by atoms with Gasteiger partial charge in [-0.1, -0.05) is 13.8 Å². The van der Waals surface area contributed by atoms with Gasteiger partial charge in [-0.05, 0) is 30.7 Å². The molecule has 1 aliphatic carbocycles. The summed E-state index contributed by atoms with van der Waals surface area (Å²) in [5, 5.41) is 12.2. The summed E-state index contributed by atoms with van der Waals surface area (Å²) in [6, 6.07) is 5.67. The van der Waals surface area contributed by atoms with E-state index in [2.05, 4.69) is 10.0 Å². The first-order chi connectivity index (χ1) is 9.63. The summed E-state index contributed by atoms with van der Waals surface area (Å²) in [6.45, 7) is 5.04. The van der Waals surface area contributed by atoms with E-state index >= 15 is 0 Å². The summed E-state index contributed by atoms with van der Waals surface area (Å²) in [7, 11) is -3.63. The molecule has 116 valence electrons. The van der Waals surface area contributed by atoms with E-state index in [1.54, 1.807) is 0 Å². The van der Waals surface area contributed by atoms with Crippen molar-refractivity contribution in [3.05, 3.63) is 24.3 Å². The van der Waals surface area contributed by atoms with Crippen molar-refractivity contribution in [3.8, 4) is 0 Å². The van der Waals surface area contributed by atoms with Gasteiger partial charge in [-0.2, -0.15) is 0 Å². The van der Waals surface area contributed by atoms with Gasteiger partial charge < -0.3 is 10.4 Å². The van der Waals surface area contributed by atoms with Gasteiger partial charge >= 0.3 is 0 Å². The van der Waals surface area contributed by atoms with Crippen LogP contribution in [0.5, 0.6) is 0 Å². The predicted octanol–water partition coefficient (Wildman–Crippen LogP) is 1.08. The second-order valence-corrected chi connectivity index (χ2v) is 7.67. The van der Waals surface area contributed by atoms with E-state index in [0.29, 0.717) is 12.1 Å². The summed E-state index contributed by atoms with van der Waals surface area (Å²) in [5.41, 5.74) is 0.0734. The minimum Gasteiger partial charge on any atom is -0.392 e. The Morgan fingerprint density at radius 1 is 1.29 bits per heavy atom. The third-order valence-corrected chi connectivity index (χ3v) is 5.49. The molecule has 6 nitrogen and oxygen atoms in total. The maximum absolute atomic E-state index is 12.3. The standard InChI is InChI=1S/C14H20N2O4S/c1-9(17)15-10-4-6-11(7-5-10)21(19,20)16-12-8-13(18)14(12,2)3/h4-7,12-13,16,18H,8H2,1-3H3,(H,15,17). The number of amides is 1. The van der Waals surface area contributed by atoms with Crippen LogP contribution >= 0.6 is 0 Å². The van der Waals surface area contributed by atoms with Crippen LogP contribution in [-0.4, -0.2) is 31.6 Å². The summed E-state index contributed by atoms with van der Waals surface area (Å²) < 4.78 is 27.2. The van der Waals surface area contributed by atoms with Crippen LogP contribution in [0.2, 0.25) is 0 Å². The lowest BCUT2D eigenvalue weighted by molar-refractivity contribution is -0.114. The van der Waals surface area contributed by atoms with Crippen LogP contribution in [0.15, 0.2) is 29.2 Å². The first-order valence-corrected chi connectivity index (χ1v) is 8.19. The Morgan fingerprint density at radius 3 is 2.29 bits per heavy atom.